The fourth-order valence-electron chi connectivity index (χ4n) is 3.09. The molecule has 0 amide bonds. The fourth-order valence-corrected chi connectivity index (χ4v) is 3.09. The molecule has 3 heteroatoms. The third-order valence-corrected chi connectivity index (χ3v) is 3.89. The van der Waals surface area contributed by atoms with Gasteiger partial charge in [-0.1, -0.05) is 12.8 Å². The van der Waals surface area contributed by atoms with E-state index >= 15 is 0 Å². The van der Waals surface area contributed by atoms with E-state index in [0.29, 0.717) is 0 Å². The minimum atomic E-state index is -0.0546. The van der Waals surface area contributed by atoms with Crippen molar-refractivity contribution in [3.63, 3.8) is 0 Å². The quantitative estimate of drug-likeness (QED) is 0.687. The van der Waals surface area contributed by atoms with E-state index in [0.717, 1.165) is 39.1 Å². The summed E-state index contributed by atoms with van der Waals surface area (Å²) < 4.78 is 5.70. The van der Waals surface area contributed by atoms with Gasteiger partial charge >= 0.3 is 0 Å². The van der Waals surface area contributed by atoms with Crippen molar-refractivity contribution in [3.8, 4) is 0 Å². The van der Waals surface area contributed by atoms with Crippen LogP contribution in [0.25, 0.3) is 0 Å². The molecular weight excluding hydrogens is 202 g/mol. The molecule has 2 aliphatic rings. The molecule has 0 unspecified atom stereocenters. The van der Waals surface area contributed by atoms with Gasteiger partial charge in [0.25, 0.3) is 0 Å². The van der Waals surface area contributed by atoms with E-state index in [1.807, 2.05) is 0 Å². The molecule has 1 saturated heterocycles. The first-order valence-electron chi connectivity index (χ1n) is 6.38. The molecular formula is C13H23NO2. The lowest BCUT2D eigenvalue weighted by atomic mass is 9.87. The molecule has 0 bridgehead atoms. The number of hydrogen-bond acceptors (Lipinski definition) is 3. The van der Waals surface area contributed by atoms with Gasteiger partial charge in [0.05, 0.1) is 12.2 Å². The van der Waals surface area contributed by atoms with E-state index < -0.39 is 0 Å². The Bertz CT molecular complexity index is 257. The summed E-state index contributed by atoms with van der Waals surface area (Å²) in [6, 6.07) is 0. The average molecular weight is 225 g/mol. The van der Waals surface area contributed by atoms with E-state index in [1.165, 1.54) is 19.1 Å². The number of nitrogens with zero attached hydrogens (tertiary/aromatic N) is 1. The molecule has 0 aromatic rings. The standard InChI is InChI=1S/C13H23NO2/c1-12(2)9-14(7-8-16-12)10-13(11-15)5-3-4-6-13/h11H,3-10H2,1-2H3. The first-order valence-corrected chi connectivity index (χ1v) is 6.38. The summed E-state index contributed by atoms with van der Waals surface area (Å²) in [5.74, 6) is 0. The maximum Gasteiger partial charge on any atom is 0.127 e. The molecule has 1 saturated carbocycles. The highest BCUT2D eigenvalue weighted by molar-refractivity contribution is 5.60. The van der Waals surface area contributed by atoms with Crippen molar-refractivity contribution >= 4 is 6.29 Å². The van der Waals surface area contributed by atoms with Crippen LogP contribution in [0.15, 0.2) is 0 Å². The number of carbonyl (C=O) groups excluding carboxylic acids is 1. The van der Waals surface area contributed by atoms with Crippen molar-refractivity contribution in [1.29, 1.82) is 0 Å². The highest BCUT2D eigenvalue weighted by Gasteiger charge is 2.37. The minimum Gasteiger partial charge on any atom is -0.373 e. The summed E-state index contributed by atoms with van der Waals surface area (Å²) in [5, 5.41) is 0. The molecule has 3 nitrogen and oxygen atoms in total. The number of carbonyl (C=O) groups is 1. The molecule has 1 heterocycles. The SMILES string of the molecule is CC1(C)CN(CC2(C=O)CCCC2)CCO1. The van der Waals surface area contributed by atoms with Gasteiger partial charge in [0.2, 0.25) is 0 Å². The van der Waals surface area contributed by atoms with Crippen LogP contribution in [0.2, 0.25) is 0 Å². The molecule has 92 valence electrons. The third-order valence-electron chi connectivity index (χ3n) is 3.89. The van der Waals surface area contributed by atoms with Gasteiger partial charge in [-0.15, -0.1) is 0 Å². The normalized spacial score (nSPS) is 29.1. The van der Waals surface area contributed by atoms with Crippen LogP contribution in [-0.4, -0.2) is 43.0 Å². The summed E-state index contributed by atoms with van der Waals surface area (Å²) >= 11 is 0. The van der Waals surface area contributed by atoms with E-state index in [1.54, 1.807) is 0 Å². The zero-order chi connectivity index (χ0) is 11.6. The summed E-state index contributed by atoms with van der Waals surface area (Å²) in [4.78, 5) is 13.7. The first kappa shape index (κ1) is 12.1. The van der Waals surface area contributed by atoms with Crippen LogP contribution >= 0.6 is 0 Å². The Balaban J connectivity index is 1.95. The Hall–Kier alpha value is -0.410. The molecule has 2 fully saturated rings. The molecule has 0 spiro atoms. The number of rotatable bonds is 3. The lowest BCUT2D eigenvalue weighted by Crippen LogP contribution is -2.51. The second kappa shape index (κ2) is 4.46. The van der Waals surface area contributed by atoms with Crippen molar-refractivity contribution in [2.45, 2.75) is 45.1 Å². The van der Waals surface area contributed by atoms with Gasteiger partial charge in [-0.2, -0.15) is 0 Å². The number of aldehydes is 1. The van der Waals surface area contributed by atoms with Gasteiger partial charge < -0.3 is 9.53 Å². The Morgan fingerprint density at radius 3 is 2.56 bits per heavy atom. The van der Waals surface area contributed by atoms with Crippen molar-refractivity contribution in [3.05, 3.63) is 0 Å². The lowest BCUT2D eigenvalue weighted by molar-refractivity contribution is -0.122. The Labute approximate surface area is 98.1 Å². The number of morpholine rings is 1. The van der Waals surface area contributed by atoms with Gasteiger partial charge in [0.15, 0.2) is 0 Å². The van der Waals surface area contributed by atoms with Gasteiger partial charge in [0.1, 0.15) is 6.29 Å². The molecule has 0 radical (unpaired) electrons. The van der Waals surface area contributed by atoms with Gasteiger partial charge in [0, 0.05) is 25.0 Å². The smallest absolute Gasteiger partial charge is 0.127 e. The molecule has 0 N–H and O–H groups in total. The molecule has 1 aliphatic carbocycles. The van der Waals surface area contributed by atoms with E-state index in [4.69, 9.17) is 4.74 Å². The summed E-state index contributed by atoms with van der Waals surface area (Å²) in [7, 11) is 0. The third kappa shape index (κ3) is 2.64. The van der Waals surface area contributed by atoms with Gasteiger partial charge in [-0.05, 0) is 26.7 Å². The second-order valence-corrected chi connectivity index (χ2v) is 6.01. The van der Waals surface area contributed by atoms with Gasteiger partial charge in [-0.25, -0.2) is 0 Å². The van der Waals surface area contributed by atoms with Crippen molar-refractivity contribution < 1.29 is 9.53 Å². The topological polar surface area (TPSA) is 29.5 Å². The van der Waals surface area contributed by atoms with Crippen LogP contribution in [0.4, 0.5) is 0 Å². The molecule has 0 atom stereocenters. The van der Waals surface area contributed by atoms with Crippen LogP contribution in [0.3, 0.4) is 0 Å². The van der Waals surface area contributed by atoms with Gasteiger partial charge in [-0.3, -0.25) is 4.90 Å². The lowest BCUT2D eigenvalue weighted by Gasteiger charge is -2.41. The maximum atomic E-state index is 11.3. The zero-order valence-electron chi connectivity index (χ0n) is 10.5. The molecule has 16 heavy (non-hydrogen) atoms. The van der Waals surface area contributed by atoms with Crippen molar-refractivity contribution in [1.82, 2.24) is 4.90 Å². The molecule has 2 rings (SSSR count). The van der Waals surface area contributed by atoms with Crippen molar-refractivity contribution in [2.75, 3.05) is 26.2 Å². The zero-order valence-corrected chi connectivity index (χ0v) is 10.5. The number of ether oxygens (including phenoxy) is 1. The summed E-state index contributed by atoms with van der Waals surface area (Å²) in [5.41, 5.74) is -0.103. The number of hydrogen-bond donors (Lipinski definition) is 0. The predicted octanol–water partition coefficient (Wildman–Crippen LogP) is 1.86. The Morgan fingerprint density at radius 1 is 1.31 bits per heavy atom. The first-order chi connectivity index (χ1) is 7.55. The van der Waals surface area contributed by atoms with E-state index in [9.17, 15) is 4.79 Å². The molecule has 0 aromatic heterocycles. The average Bonchev–Trinajstić information content (AvgIpc) is 2.65. The molecule has 0 aromatic carbocycles. The molecule has 1 aliphatic heterocycles. The highest BCUT2D eigenvalue weighted by Crippen LogP contribution is 2.37. The van der Waals surface area contributed by atoms with Crippen LogP contribution in [0.1, 0.15) is 39.5 Å². The maximum absolute atomic E-state index is 11.3. The second-order valence-electron chi connectivity index (χ2n) is 6.01. The van der Waals surface area contributed by atoms with E-state index in [-0.39, 0.29) is 11.0 Å². The highest BCUT2D eigenvalue weighted by atomic mass is 16.5. The van der Waals surface area contributed by atoms with Crippen molar-refractivity contribution in [2.24, 2.45) is 5.41 Å². The van der Waals surface area contributed by atoms with Crippen LogP contribution in [0, 0.1) is 5.41 Å². The van der Waals surface area contributed by atoms with Crippen LogP contribution in [0.5, 0.6) is 0 Å². The van der Waals surface area contributed by atoms with E-state index in [2.05, 4.69) is 18.7 Å². The van der Waals surface area contributed by atoms with Crippen LogP contribution in [-0.2, 0) is 9.53 Å². The largest absolute Gasteiger partial charge is 0.373 e. The fraction of sp³-hybridized carbons (Fsp3) is 0.923. The monoisotopic (exact) mass is 225 g/mol. The summed E-state index contributed by atoms with van der Waals surface area (Å²) in [6.45, 7) is 7.90. The van der Waals surface area contributed by atoms with Crippen LogP contribution < -0.4 is 0 Å². The minimum absolute atomic E-state index is 0.0482. The summed E-state index contributed by atoms with van der Waals surface area (Å²) in [6.07, 6.45) is 5.80. The Kier molecular flexibility index (Phi) is 3.36. The Morgan fingerprint density at radius 2 is 2.00 bits per heavy atom. The predicted molar refractivity (Wildman–Crippen MR) is 63.4 cm³/mol.